The molecule has 5 nitrogen and oxygen atoms in total. The smallest absolute Gasteiger partial charge is 0.130 e. The van der Waals surface area contributed by atoms with Gasteiger partial charge in [0.15, 0.2) is 0 Å². The molecule has 0 bridgehead atoms. The highest BCUT2D eigenvalue weighted by Crippen LogP contribution is 2.20. The highest BCUT2D eigenvalue weighted by Gasteiger charge is 2.10. The summed E-state index contributed by atoms with van der Waals surface area (Å²) in [5.41, 5.74) is 5.67. The molecule has 148 valence electrons. The number of piperidine rings is 1. The first-order chi connectivity index (χ1) is 14.2. The fourth-order valence-corrected chi connectivity index (χ4v) is 3.71. The van der Waals surface area contributed by atoms with Gasteiger partial charge in [-0.05, 0) is 68.3 Å². The summed E-state index contributed by atoms with van der Waals surface area (Å²) < 4.78 is 0. The molecule has 0 radical (unpaired) electrons. The standard InChI is InChI=1S/C24H27N5/c1-18-15-21(11-12-26-18)22(25)9-10-24-27-16-23(28-24)20-7-5-19(6-8-20)17-29-13-3-2-4-14-29/h5-12,15-16,25H,2-4,13-14,17H2,1H3,(H,27,28)/b10-9-,25-22?. The van der Waals surface area contributed by atoms with Crippen LogP contribution < -0.4 is 0 Å². The molecule has 0 atom stereocenters. The number of nitrogens with one attached hydrogen (secondary N) is 2. The van der Waals surface area contributed by atoms with Gasteiger partial charge in [0.25, 0.3) is 0 Å². The Hall–Kier alpha value is -3.05. The number of likely N-dealkylation sites (tertiary alicyclic amines) is 1. The minimum atomic E-state index is 0.440. The van der Waals surface area contributed by atoms with E-state index in [0.717, 1.165) is 34.9 Å². The van der Waals surface area contributed by atoms with Crippen LogP contribution in [0.15, 0.2) is 54.9 Å². The molecule has 0 spiro atoms. The number of pyridine rings is 1. The van der Waals surface area contributed by atoms with Crippen LogP contribution in [0.5, 0.6) is 0 Å². The van der Waals surface area contributed by atoms with E-state index in [4.69, 9.17) is 5.41 Å². The van der Waals surface area contributed by atoms with Gasteiger partial charge in [0, 0.05) is 24.0 Å². The quantitative estimate of drug-likeness (QED) is 0.596. The lowest BCUT2D eigenvalue weighted by Gasteiger charge is -2.26. The number of hydrogen-bond acceptors (Lipinski definition) is 4. The molecule has 0 aliphatic carbocycles. The van der Waals surface area contributed by atoms with Crippen LogP contribution in [-0.2, 0) is 6.54 Å². The van der Waals surface area contributed by atoms with E-state index in [-0.39, 0.29) is 0 Å². The number of imidazole rings is 1. The summed E-state index contributed by atoms with van der Waals surface area (Å²) in [4.78, 5) is 14.5. The monoisotopic (exact) mass is 385 g/mol. The molecule has 0 amide bonds. The Bertz CT molecular complexity index is 994. The number of aromatic amines is 1. The van der Waals surface area contributed by atoms with Crippen LogP contribution in [0.1, 0.15) is 41.9 Å². The van der Waals surface area contributed by atoms with E-state index in [0.29, 0.717) is 5.71 Å². The van der Waals surface area contributed by atoms with Gasteiger partial charge in [0.05, 0.1) is 17.6 Å². The van der Waals surface area contributed by atoms with Crippen molar-refractivity contribution < 1.29 is 0 Å². The number of aromatic nitrogens is 3. The van der Waals surface area contributed by atoms with E-state index in [1.807, 2.05) is 31.3 Å². The molecular formula is C24H27N5. The van der Waals surface area contributed by atoms with E-state index >= 15 is 0 Å². The van der Waals surface area contributed by atoms with E-state index < -0.39 is 0 Å². The lowest BCUT2D eigenvalue weighted by molar-refractivity contribution is 0.221. The molecule has 4 rings (SSSR count). The van der Waals surface area contributed by atoms with Gasteiger partial charge in [0.1, 0.15) is 5.82 Å². The van der Waals surface area contributed by atoms with Gasteiger partial charge in [-0.15, -0.1) is 0 Å². The van der Waals surface area contributed by atoms with Crippen molar-refractivity contribution in [2.24, 2.45) is 0 Å². The van der Waals surface area contributed by atoms with Gasteiger partial charge in [-0.3, -0.25) is 9.88 Å². The average molecular weight is 386 g/mol. The number of hydrogen-bond donors (Lipinski definition) is 2. The SMILES string of the molecule is Cc1cc(C(=N)/C=C\c2ncc(-c3ccc(CN4CCCCC4)cc3)[nH]2)ccn1. The normalized spacial score (nSPS) is 15.1. The van der Waals surface area contributed by atoms with Crippen molar-refractivity contribution in [3.63, 3.8) is 0 Å². The zero-order chi connectivity index (χ0) is 20.1. The summed E-state index contributed by atoms with van der Waals surface area (Å²) in [7, 11) is 0. The predicted octanol–water partition coefficient (Wildman–Crippen LogP) is 4.85. The molecule has 2 aromatic heterocycles. The molecule has 0 saturated carbocycles. The van der Waals surface area contributed by atoms with Gasteiger partial charge in [-0.1, -0.05) is 30.7 Å². The van der Waals surface area contributed by atoms with Gasteiger partial charge < -0.3 is 10.4 Å². The highest BCUT2D eigenvalue weighted by atomic mass is 15.1. The maximum atomic E-state index is 8.22. The maximum Gasteiger partial charge on any atom is 0.130 e. The first kappa shape index (κ1) is 19.3. The molecule has 2 N–H and O–H groups in total. The zero-order valence-electron chi connectivity index (χ0n) is 16.9. The molecule has 1 saturated heterocycles. The number of allylic oxidation sites excluding steroid dienone is 1. The molecule has 5 heteroatoms. The number of H-pyrrole nitrogens is 1. The third-order valence-electron chi connectivity index (χ3n) is 5.33. The van der Waals surface area contributed by atoms with Crippen molar-refractivity contribution in [1.29, 1.82) is 5.41 Å². The minimum absolute atomic E-state index is 0.440. The van der Waals surface area contributed by atoms with Crippen molar-refractivity contribution in [1.82, 2.24) is 19.9 Å². The predicted molar refractivity (Wildman–Crippen MR) is 118 cm³/mol. The molecule has 1 aliphatic rings. The van der Waals surface area contributed by atoms with Gasteiger partial charge >= 0.3 is 0 Å². The zero-order valence-corrected chi connectivity index (χ0v) is 16.9. The Morgan fingerprint density at radius 2 is 1.90 bits per heavy atom. The fraction of sp³-hybridized carbons (Fsp3) is 0.292. The second-order valence-electron chi connectivity index (χ2n) is 7.65. The van der Waals surface area contributed by atoms with Crippen LogP contribution >= 0.6 is 0 Å². The molecule has 3 heterocycles. The van der Waals surface area contributed by atoms with Crippen molar-refractivity contribution >= 4 is 11.8 Å². The summed E-state index contributed by atoms with van der Waals surface area (Å²) in [6.07, 6.45) is 11.2. The molecule has 3 aromatic rings. The van der Waals surface area contributed by atoms with Crippen molar-refractivity contribution in [3.8, 4) is 11.3 Å². The van der Waals surface area contributed by atoms with Gasteiger partial charge in [-0.25, -0.2) is 4.98 Å². The lowest BCUT2D eigenvalue weighted by atomic mass is 10.1. The Balaban J connectivity index is 1.40. The summed E-state index contributed by atoms with van der Waals surface area (Å²) in [5, 5.41) is 8.22. The number of rotatable bonds is 6. The number of nitrogens with zero attached hydrogens (tertiary/aromatic N) is 3. The summed E-state index contributed by atoms with van der Waals surface area (Å²) in [5.74, 6) is 0.743. The van der Waals surface area contributed by atoms with Crippen LogP contribution in [0.25, 0.3) is 17.3 Å². The Labute approximate surface area is 172 Å². The van der Waals surface area contributed by atoms with E-state index in [2.05, 4.69) is 44.1 Å². The molecule has 29 heavy (non-hydrogen) atoms. The van der Waals surface area contributed by atoms with Crippen molar-refractivity contribution in [3.05, 3.63) is 77.5 Å². The van der Waals surface area contributed by atoms with Crippen LogP contribution in [0.2, 0.25) is 0 Å². The maximum absolute atomic E-state index is 8.22. The topological polar surface area (TPSA) is 68.7 Å². The molecule has 1 aromatic carbocycles. The average Bonchev–Trinajstić information content (AvgIpc) is 3.22. The first-order valence-electron chi connectivity index (χ1n) is 10.2. The van der Waals surface area contributed by atoms with Crippen LogP contribution in [0, 0.1) is 12.3 Å². The number of benzene rings is 1. The third-order valence-corrected chi connectivity index (χ3v) is 5.33. The van der Waals surface area contributed by atoms with Crippen LogP contribution in [0.3, 0.4) is 0 Å². The molecule has 1 aliphatic heterocycles. The Morgan fingerprint density at radius 3 is 2.66 bits per heavy atom. The first-order valence-corrected chi connectivity index (χ1v) is 10.2. The number of aryl methyl sites for hydroxylation is 1. The lowest BCUT2D eigenvalue weighted by Crippen LogP contribution is -2.28. The Morgan fingerprint density at radius 1 is 1.10 bits per heavy atom. The second-order valence-corrected chi connectivity index (χ2v) is 7.65. The van der Waals surface area contributed by atoms with Gasteiger partial charge in [0.2, 0.25) is 0 Å². The molecule has 1 fully saturated rings. The van der Waals surface area contributed by atoms with E-state index in [1.54, 1.807) is 12.3 Å². The van der Waals surface area contributed by atoms with Crippen LogP contribution in [-0.4, -0.2) is 38.7 Å². The summed E-state index contributed by atoms with van der Waals surface area (Å²) in [6, 6.07) is 12.5. The Kier molecular flexibility index (Phi) is 5.96. The minimum Gasteiger partial charge on any atom is -0.338 e. The second kappa shape index (κ2) is 8.97. The van der Waals surface area contributed by atoms with E-state index in [9.17, 15) is 0 Å². The third kappa shape index (κ3) is 5.06. The fourth-order valence-electron chi connectivity index (χ4n) is 3.71. The van der Waals surface area contributed by atoms with Gasteiger partial charge in [-0.2, -0.15) is 0 Å². The summed E-state index contributed by atoms with van der Waals surface area (Å²) >= 11 is 0. The molecule has 0 unspecified atom stereocenters. The largest absolute Gasteiger partial charge is 0.338 e. The highest BCUT2D eigenvalue weighted by molar-refractivity contribution is 6.08. The van der Waals surface area contributed by atoms with Crippen molar-refractivity contribution in [2.45, 2.75) is 32.7 Å². The molecular weight excluding hydrogens is 358 g/mol. The van der Waals surface area contributed by atoms with E-state index in [1.165, 1.54) is 37.9 Å². The summed E-state index contributed by atoms with van der Waals surface area (Å²) in [6.45, 7) is 5.39. The van der Waals surface area contributed by atoms with Crippen LogP contribution in [0.4, 0.5) is 0 Å². The van der Waals surface area contributed by atoms with Crippen molar-refractivity contribution in [2.75, 3.05) is 13.1 Å².